The van der Waals surface area contributed by atoms with E-state index < -0.39 is 0 Å². The average molecular weight is 930 g/mol. The lowest BCUT2D eigenvalue weighted by molar-refractivity contribution is -0.132. The van der Waals surface area contributed by atoms with Crippen LogP contribution in [0.15, 0.2) is 115 Å². The van der Waals surface area contributed by atoms with E-state index in [1.165, 1.54) is 22.3 Å². The van der Waals surface area contributed by atoms with Crippen molar-refractivity contribution in [3.8, 4) is 0 Å². The van der Waals surface area contributed by atoms with E-state index in [2.05, 4.69) is 149 Å². The number of carbonyl (C=O) groups excluding carboxylic acids is 3. The van der Waals surface area contributed by atoms with Crippen molar-refractivity contribution < 1.29 is 14.4 Å². The number of hydrogen-bond acceptors (Lipinski definition) is 7. The largest absolute Gasteiger partial charge is 0.343 e. The van der Waals surface area contributed by atoms with Crippen LogP contribution in [-0.2, 0) is 9.59 Å². The molecule has 4 aromatic rings. The molecule has 0 radical (unpaired) electrons. The Morgan fingerprint density at radius 3 is 1.79 bits per heavy atom. The second-order valence-corrected chi connectivity index (χ2v) is 20.6. The van der Waals surface area contributed by atoms with Crippen molar-refractivity contribution in [2.24, 2.45) is 23.5 Å². The Hall–Kier alpha value is -4.78. The maximum atomic E-state index is 14.0. The number of hydrogen-bond donors (Lipinski definition) is 3. The molecule has 4 heterocycles. The highest BCUT2D eigenvalue weighted by Crippen LogP contribution is 2.36. The van der Waals surface area contributed by atoms with Gasteiger partial charge in [-0.1, -0.05) is 136 Å². The molecule has 12 heteroatoms. The number of piperazine rings is 2. The summed E-state index contributed by atoms with van der Waals surface area (Å²) < 4.78 is 0. The normalized spacial score (nSPS) is 24.4. The molecule has 67 heavy (non-hydrogen) atoms. The van der Waals surface area contributed by atoms with Crippen molar-refractivity contribution >= 4 is 29.4 Å². The smallest absolute Gasteiger partial charge is 0.317 e. The minimum absolute atomic E-state index is 0.00240. The molecule has 0 bridgehead atoms. The molecule has 4 aromatic carbocycles. The molecule has 8 rings (SSSR count). The number of nitrogens with one attached hydrogen (secondary N) is 2. The van der Waals surface area contributed by atoms with E-state index in [4.69, 9.17) is 17.3 Å². The molecule has 4 fully saturated rings. The number of piperidine rings is 2. The number of urea groups is 1. The van der Waals surface area contributed by atoms with E-state index in [9.17, 15) is 14.4 Å². The van der Waals surface area contributed by atoms with Crippen LogP contribution in [0.2, 0.25) is 5.02 Å². The number of likely N-dealkylation sites (tertiary alicyclic amines) is 2. The first kappa shape index (κ1) is 48.7. The van der Waals surface area contributed by atoms with Crippen LogP contribution in [0.3, 0.4) is 0 Å². The number of halogens is 1. The quantitative estimate of drug-likeness (QED) is 0.125. The fourth-order valence-electron chi connectivity index (χ4n) is 11.4. The monoisotopic (exact) mass is 929 g/mol. The maximum absolute atomic E-state index is 14.0. The molecule has 7 atom stereocenters. The van der Waals surface area contributed by atoms with Gasteiger partial charge in [0.2, 0.25) is 11.8 Å². The molecule has 11 nitrogen and oxygen atoms in total. The van der Waals surface area contributed by atoms with Crippen molar-refractivity contribution in [1.82, 2.24) is 35.1 Å². The second kappa shape index (κ2) is 22.6. The van der Waals surface area contributed by atoms with E-state index >= 15 is 0 Å². The topological polar surface area (TPSA) is 117 Å². The number of carbonyl (C=O) groups is 3. The summed E-state index contributed by atoms with van der Waals surface area (Å²) in [4.78, 5) is 51.7. The zero-order valence-electron chi connectivity index (χ0n) is 40.1. The maximum Gasteiger partial charge on any atom is 0.317 e. The van der Waals surface area contributed by atoms with Crippen molar-refractivity contribution in [2.45, 2.75) is 102 Å². The van der Waals surface area contributed by atoms with Gasteiger partial charge in [-0.3, -0.25) is 19.4 Å². The van der Waals surface area contributed by atoms with Crippen LogP contribution < -0.4 is 16.4 Å². The summed E-state index contributed by atoms with van der Waals surface area (Å²) in [5, 5.41) is 8.15. The van der Waals surface area contributed by atoms with Crippen LogP contribution >= 0.6 is 11.6 Å². The Bertz CT molecular complexity index is 2170. The summed E-state index contributed by atoms with van der Waals surface area (Å²) >= 11 is 6.40. The van der Waals surface area contributed by atoms with Gasteiger partial charge < -0.3 is 31.1 Å². The molecule has 358 valence electrons. The van der Waals surface area contributed by atoms with Crippen molar-refractivity contribution in [3.63, 3.8) is 0 Å². The Kier molecular flexibility index (Phi) is 16.4. The number of nitrogens with zero attached hydrogens (tertiary/aromatic N) is 5. The molecule has 4 aliphatic rings. The fourth-order valence-corrected chi connectivity index (χ4v) is 11.5. The number of nitrogens with two attached hydrogens (primary N) is 1. The lowest BCUT2D eigenvalue weighted by Gasteiger charge is -2.50. The number of benzene rings is 4. The summed E-state index contributed by atoms with van der Waals surface area (Å²) in [5.74, 6) is 0.844. The SMILES string of the molecule is CC(=O)N1CCC(N)C(C2CN(C(c3ccccc3)c3ccc(Cl)cc3)C[C@H](C(C)CCC(=O)N3CCC(NC(=O)N4CCN(C(c5ccccc5)c5ccccc5)C[C@@H]4C(C)C)CC3)N2)C1. The van der Waals surface area contributed by atoms with Crippen molar-refractivity contribution in [1.29, 1.82) is 0 Å². The molecule has 0 aromatic heterocycles. The Balaban J connectivity index is 0.878. The first-order valence-electron chi connectivity index (χ1n) is 24.9. The third kappa shape index (κ3) is 11.9. The highest BCUT2D eigenvalue weighted by Gasteiger charge is 2.42. The van der Waals surface area contributed by atoms with Gasteiger partial charge in [-0.05, 0) is 71.9 Å². The second-order valence-electron chi connectivity index (χ2n) is 20.1. The van der Waals surface area contributed by atoms with Gasteiger partial charge in [-0.2, -0.15) is 0 Å². The molecular formula is C55H73ClN8O3. The van der Waals surface area contributed by atoms with E-state index in [0.29, 0.717) is 44.2 Å². The predicted octanol–water partition coefficient (Wildman–Crippen LogP) is 7.82. The highest BCUT2D eigenvalue weighted by atomic mass is 35.5. The van der Waals surface area contributed by atoms with Gasteiger partial charge in [0.05, 0.1) is 12.1 Å². The molecule has 5 unspecified atom stereocenters. The molecule has 0 aliphatic carbocycles. The van der Waals surface area contributed by atoms with Crippen LogP contribution in [0, 0.1) is 17.8 Å². The summed E-state index contributed by atoms with van der Waals surface area (Å²) in [6, 6.07) is 40.6. The highest BCUT2D eigenvalue weighted by molar-refractivity contribution is 6.30. The Morgan fingerprint density at radius 1 is 0.672 bits per heavy atom. The lowest BCUT2D eigenvalue weighted by atomic mass is 9.82. The molecule has 4 N–H and O–H groups in total. The van der Waals surface area contributed by atoms with Crippen LogP contribution in [0.5, 0.6) is 0 Å². The van der Waals surface area contributed by atoms with Gasteiger partial charge >= 0.3 is 6.03 Å². The minimum Gasteiger partial charge on any atom is -0.343 e. The third-order valence-electron chi connectivity index (χ3n) is 15.4. The third-order valence-corrected chi connectivity index (χ3v) is 15.6. The van der Waals surface area contributed by atoms with E-state index in [-0.39, 0.29) is 77.9 Å². The predicted molar refractivity (Wildman–Crippen MR) is 269 cm³/mol. The van der Waals surface area contributed by atoms with Gasteiger partial charge in [0, 0.05) is 113 Å². The first-order valence-corrected chi connectivity index (χ1v) is 25.3. The van der Waals surface area contributed by atoms with Crippen LogP contribution in [0.4, 0.5) is 4.79 Å². The fraction of sp³-hybridized carbons (Fsp3) is 0.509. The van der Waals surface area contributed by atoms with Crippen molar-refractivity contribution in [3.05, 3.63) is 143 Å². The first-order chi connectivity index (χ1) is 32.4. The number of rotatable bonds is 13. The molecule has 4 amide bonds. The van der Waals surface area contributed by atoms with Gasteiger partial charge in [-0.15, -0.1) is 0 Å². The zero-order valence-corrected chi connectivity index (χ0v) is 40.8. The van der Waals surface area contributed by atoms with E-state index in [1.807, 2.05) is 21.9 Å². The molecule has 4 saturated heterocycles. The van der Waals surface area contributed by atoms with Gasteiger partial charge in [0.25, 0.3) is 0 Å². The lowest BCUT2D eigenvalue weighted by Crippen LogP contribution is -2.66. The van der Waals surface area contributed by atoms with Crippen LogP contribution in [0.1, 0.15) is 94.1 Å². The van der Waals surface area contributed by atoms with Crippen LogP contribution in [-0.4, -0.2) is 131 Å². The van der Waals surface area contributed by atoms with Crippen molar-refractivity contribution in [2.75, 3.05) is 58.9 Å². The standard InChI is InChI=1S/C55H73ClN8O3/c1-38(2)51-37-62(53(41-14-8-5-9-15-41)42-16-10-6-11-17-42)32-33-64(51)55(67)58-46-26-29-60(30-27-46)52(66)25-20-39(3)49-35-63(36-50(59-49)47-34-61(40(4)65)31-28-48(47)57)54(43-18-12-7-13-19-43)44-21-23-45(56)24-22-44/h5-19,21-24,38-39,46-51,53-54,59H,20,25-37,57H2,1-4H3,(H,58,67)/t39?,47?,48?,49-,50?,51-,54?/m1/s1. The van der Waals surface area contributed by atoms with Gasteiger partial charge in [0.15, 0.2) is 0 Å². The Morgan fingerprint density at radius 2 is 1.22 bits per heavy atom. The van der Waals surface area contributed by atoms with E-state index in [1.54, 1.807) is 6.92 Å². The molecule has 0 spiro atoms. The molecule has 4 aliphatic heterocycles. The summed E-state index contributed by atoms with van der Waals surface area (Å²) in [7, 11) is 0. The minimum atomic E-state index is -0.0246. The molecule has 0 saturated carbocycles. The average Bonchev–Trinajstić information content (AvgIpc) is 3.35. The number of amides is 4. The zero-order chi connectivity index (χ0) is 47.0. The van der Waals surface area contributed by atoms with E-state index in [0.717, 1.165) is 51.9 Å². The summed E-state index contributed by atoms with van der Waals surface area (Å²) in [6.07, 6.45) is 3.48. The van der Waals surface area contributed by atoms with Gasteiger partial charge in [0.1, 0.15) is 0 Å². The summed E-state index contributed by atoms with van der Waals surface area (Å²) in [5.41, 5.74) is 11.8. The summed E-state index contributed by atoms with van der Waals surface area (Å²) in [6.45, 7) is 14.8. The van der Waals surface area contributed by atoms with Crippen LogP contribution in [0.25, 0.3) is 0 Å². The van der Waals surface area contributed by atoms with Gasteiger partial charge in [-0.25, -0.2) is 4.79 Å². The Labute approximate surface area is 404 Å². The molecular weight excluding hydrogens is 856 g/mol.